The lowest BCUT2D eigenvalue weighted by Crippen LogP contribution is -2.24. The van der Waals surface area contributed by atoms with E-state index in [1.807, 2.05) is 25.1 Å². The van der Waals surface area contributed by atoms with Gasteiger partial charge in [-0.1, -0.05) is 41.4 Å². The van der Waals surface area contributed by atoms with E-state index in [4.69, 9.17) is 32.7 Å². The zero-order valence-electron chi connectivity index (χ0n) is 25.4. The minimum absolute atomic E-state index is 0.0870. The normalized spacial score (nSPS) is 11.3. The summed E-state index contributed by atoms with van der Waals surface area (Å²) in [6.45, 7) is 0.715. The molecular formula is C32H30Cl2N8O4. The van der Waals surface area contributed by atoms with Crippen LogP contribution in [0.2, 0.25) is 10.0 Å². The predicted molar refractivity (Wildman–Crippen MR) is 180 cm³/mol. The highest BCUT2D eigenvalue weighted by Crippen LogP contribution is 2.45. The number of aromatic nitrogens is 5. The highest BCUT2D eigenvalue weighted by Gasteiger charge is 2.23. The molecule has 0 unspecified atom stereocenters. The van der Waals surface area contributed by atoms with E-state index in [2.05, 4.69) is 30.6 Å². The molecule has 0 aliphatic heterocycles. The highest BCUT2D eigenvalue weighted by atomic mass is 35.5. The van der Waals surface area contributed by atoms with E-state index in [9.17, 15) is 9.59 Å². The minimum Gasteiger partial charge on any atom is -0.495 e. The van der Waals surface area contributed by atoms with Gasteiger partial charge in [-0.05, 0) is 43.9 Å². The van der Waals surface area contributed by atoms with E-state index >= 15 is 0 Å². The van der Waals surface area contributed by atoms with Crippen LogP contribution in [0.1, 0.15) is 5.56 Å². The van der Waals surface area contributed by atoms with Gasteiger partial charge >= 0.3 is 0 Å². The number of amides is 1. The van der Waals surface area contributed by atoms with Crippen LogP contribution < -0.4 is 25.7 Å². The van der Waals surface area contributed by atoms with Gasteiger partial charge in [-0.2, -0.15) is 4.98 Å². The Kier molecular flexibility index (Phi) is 10.1. The van der Waals surface area contributed by atoms with Crippen molar-refractivity contribution >= 4 is 57.6 Å². The number of anilines is 3. The first-order valence-electron chi connectivity index (χ1n) is 13.9. The number of rotatable bonds is 11. The zero-order valence-corrected chi connectivity index (χ0v) is 26.9. The number of likely N-dealkylation sites (N-methyl/N-ethyl adjacent to an activating group) is 1. The van der Waals surface area contributed by atoms with Crippen LogP contribution in [0.5, 0.6) is 11.5 Å². The van der Waals surface area contributed by atoms with Gasteiger partial charge in [0.1, 0.15) is 29.3 Å². The third-order valence-corrected chi connectivity index (χ3v) is 7.52. The predicted octanol–water partition coefficient (Wildman–Crippen LogP) is 5.42. The lowest BCUT2D eigenvalue weighted by molar-refractivity contribution is -0.111. The van der Waals surface area contributed by atoms with E-state index < -0.39 is 5.56 Å². The first-order valence-corrected chi connectivity index (χ1v) is 14.7. The number of methoxy groups -OCH3 is 2. The summed E-state index contributed by atoms with van der Waals surface area (Å²) in [7, 11) is 6.75. The standard InChI is InChI=1S/C32H30Cl2N8O4/c1-41(2)12-6-9-26(43)38-21-8-5-7-19(13-21)17-42-30-20(16-36-32(40-30)39-25-10-11-35-18-37-25)14-22(31(42)44)27-28(33)23(45-3)15-24(46-4)29(27)34/h5-11,13-16,18H,12,17H2,1-4H3,(H,38,43)(H,35,36,37,39,40)/b9-6+. The van der Waals surface area contributed by atoms with Crippen molar-refractivity contribution in [1.82, 2.24) is 29.4 Å². The molecule has 2 aromatic carbocycles. The maximum atomic E-state index is 14.4. The largest absolute Gasteiger partial charge is 0.495 e. The van der Waals surface area contributed by atoms with Gasteiger partial charge in [-0.15, -0.1) is 0 Å². The Bertz CT molecular complexity index is 1960. The number of fused-ring (bicyclic) bond motifs is 1. The van der Waals surface area contributed by atoms with Crippen LogP contribution in [0.4, 0.5) is 17.5 Å². The summed E-state index contributed by atoms with van der Waals surface area (Å²) in [5, 5.41) is 6.72. The molecule has 0 aliphatic rings. The Morgan fingerprint density at radius 2 is 1.80 bits per heavy atom. The number of hydrogen-bond acceptors (Lipinski definition) is 10. The van der Waals surface area contributed by atoms with Gasteiger partial charge in [0.15, 0.2) is 0 Å². The van der Waals surface area contributed by atoms with Gasteiger partial charge in [0.2, 0.25) is 11.9 Å². The Balaban J connectivity index is 1.63. The molecule has 3 aromatic heterocycles. The Morgan fingerprint density at radius 3 is 2.48 bits per heavy atom. The van der Waals surface area contributed by atoms with Gasteiger partial charge in [-0.25, -0.2) is 15.0 Å². The summed E-state index contributed by atoms with van der Waals surface area (Å²) in [5.41, 5.74) is 1.63. The number of hydrogen-bond donors (Lipinski definition) is 2. The molecule has 0 radical (unpaired) electrons. The number of carbonyl (C=O) groups excluding carboxylic acids is 1. The molecule has 2 N–H and O–H groups in total. The van der Waals surface area contributed by atoms with Crippen LogP contribution >= 0.6 is 23.2 Å². The average Bonchev–Trinajstić information content (AvgIpc) is 3.04. The van der Waals surface area contributed by atoms with E-state index in [0.717, 1.165) is 5.56 Å². The Hall–Kier alpha value is -5.04. The molecule has 0 fully saturated rings. The number of nitrogens with zero attached hydrogens (tertiary/aromatic N) is 6. The summed E-state index contributed by atoms with van der Waals surface area (Å²) < 4.78 is 12.4. The number of benzene rings is 2. The lowest BCUT2D eigenvalue weighted by Gasteiger charge is -2.17. The van der Waals surface area contributed by atoms with Gasteiger partial charge < -0.3 is 25.0 Å². The molecule has 0 spiro atoms. The van der Waals surface area contributed by atoms with Crippen LogP contribution in [0.15, 0.2) is 78.1 Å². The van der Waals surface area contributed by atoms with Crippen molar-refractivity contribution in [3.8, 4) is 22.6 Å². The molecule has 236 valence electrons. The van der Waals surface area contributed by atoms with Crippen molar-refractivity contribution in [3.05, 3.63) is 99.3 Å². The first-order chi connectivity index (χ1) is 22.2. The third kappa shape index (κ3) is 7.26. The number of ether oxygens (including phenoxy) is 2. The molecule has 12 nitrogen and oxygen atoms in total. The second kappa shape index (κ2) is 14.4. The third-order valence-electron chi connectivity index (χ3n) is 6.77. The van der Waals surface area contributed by atoms with Crippen molar-refractivity contribution in [1.29, 1.82) is 0 Å². The van der Waals surface area contributed by atoms with Crippen molar-refractivity contribution in [2.24, 2.45) is 0 Å². The fourth-order valence-corrected chi connectivity index (χ4v) is 5.34. The summed E-state index contributed by atoms with van der Waals surface area (Å²) in [6.07, 6.45) is 7.81. The summed E-state index contributed by atoms with van der Waals surface area (Å²) in [4.78, 5) is 46.0. The SMILES string of the molecule is COc1cc(OC)c(Cl)c(-c2cc3cnc(Nc4ccncn4)nc3n(Cc3cccc(NC(=O)/C=C/CN(C)C)c3)c2=O)c1Cl. The summed E-state index contributed by atoms with van der Waals surface area (Å²) in [5.74, 6) is 0.996. The number of halogens is 2. The van der Waals surface area contributed by atoms with Crippen LogP contribution in [-0.4, -0.2) is 70.2 Å². The van der Waals surface area contributed by atoms with Crippen molar-refractivity contribution < 1.29 is 14.3 Å². The van der Waals surface area contributed by atoms with Gasteiger partial charge in [-0.3, -0.25) is 14.2 Å². The second-order valence-corrected chi connectivity index (χ2v) is 11.0. The van der Waals surface area contributed by atoms with Crippen molar-refractivity contribution in [3.63, 3.8) is 0 Å². The molecule has 3 heterocycles. The van der Waals surface area contributed by atoms with Crippen LogP contribution in [0, 0.1) is 0 Å². The molecule has 5 aromatic rings. The molecule has 14 heteroatoms. The maximum absolute atomic E-state index is 14.4. The molecule has 0 aliphatic carbocycles. The first kappa shape index (κ1) is 32.4. The number of pyridine rings is 1. The topological polar surface area (TPSA) is 136 Å². The number of carbonyl (C=O) groups is 1. The molecular weight excluding hydrogens is 631 g/mol. The minimum atomic E-state index is -0.431. The Labute approximate surface area is 274 Å². The maximum Gasteiger partial charge on any atom is 0.260 e. The molecule has 0 bridgehead atoms. The molecule has 46 heavy (non-hydrogen) atoms. The van der Waals surface area contributed by atoms with Crippen molar-refractivity contribution in [2.45, 2.75) is 6.54 Å². The smallest absolute Gasteiger partial charge is 0.260 e. The van der Waals surface area contributed by atoms with E-state index in [0.29, 0.717) is 29.1 Å². The van der Waals surface area contributed by atoms with Gasteiger partial charge in [0, 0.05) is 47.7 Å². The zero-order chi connectivity index (χ0) is 32.8. The van der Waals surface area contributed by atoms with E-state index in [1.165, 1.54) is 31.2 Å². The summed E-state index contributed by atoms with van der Waals surface area (Å²) in [6, 6.07) is 12.1. The molecule has 1 amide bonds. The summed E-state index contributed by atoms with van der Waals surface area (Å²) >= 11 is 13.5. The number of nitrogens with one attached hydrogen (secondary N) is 2. The second-order valence-electron chi connectivity index (χ2n) is 10.3. The fraction of sp³-hybridized carbons (Fsp3) is 0.188. The Morgan fingerprint density at radius 1 is 1.04 bits per heavy atom. The van der Waals surface area contributed by atoms with E-state index in [1.54, 1.807) is 54.9 Å². The monoisotopic (exact) mass is 660 g/mol. The highest BCUT2D eigenvalue weighted by molar-refractivity contribution is 6.41. The van der Waals surface area contributed by atoms with Crippen LogP contribution in [-0.2, 0) is 11.3 Å². The molecule has 0 atom stereocenters. The molecule has 0 saturated carbocycles. The van der Waals surface area contributed by atoms with Crippen LogP contribution in [0.25, 0.3) is 22.2 Å². The lowest BCUT2D eigenvalue weighted by atomic mass is 10.0. The molecule has 5 rings (SSSR count). The quantitative estimate of drug-likeness (QED) is 0.177. The average molecular weight is 662 g/mol. The van der Waals surface area contributed by atoms with Gasteiger partial charge in [0.05, 0.1) is 36.4 Å². The van der Waals surface area contributed by atoms with E-state index in [-0.39, 0.29) is 51.1 Å². The van der Waals surface area contributed by atoms with Crippen molar-refractivity contribution in [2.75, 3.05) is 45.5 Å². The van der Waals surface area contributed by atoms with Crippen LogP contribution in [0.3, 0.4) is 0 Å². The fourth-order valence-electron chi connectivity index (χ4n) is 4.63. The van der Waals surface area contributed by atoms with Gasteiger partial charge in [0.25, 0.3) is 5.56 Å². The molecule has 0 saturated heterocycles.